The number of likely N-dealkylation sites (tertiary alicyclic amines) is 1. The van der Waals surface area contributed by atoms with Gasteiger partial charge in [-0.2, -0.15) is 0 Å². The highest BCUT2D eigenvalue weighted by Crippen LogP contribution is 2.54. The maximum atomic E-state index is 5.18. The predicted molar refractivity (Wildman–Crippen MR) is 44.6 cm³/mol. The molecule has 2 rings (SSSR count). The van der Waals surface area contributed by atoms with Crippen molar-refractivity contribution in [2.45, 2.75) is 25.3 Å². The minimum atomic E-state index is 0.697. The summed E-state index contributed by atoms with van der Waals surface area (Å²) >= 11 is 0. The lowest BCUT2D eigenvalue weighted by molar-refractivity contribution is 0.129. The first-order valence-electron chi connectivity index (χ1n) is 4.45. The van der Waals surface area contributed by atoms with Crippen LogP contribution in [-0.4, -0.2) is 38.3 Å². The quantitative estimate of drug-likeness (QED) is 0.592. The zero-order valence-electron chi connectivity index (χ0n) is 7.47. The molecule has 1 heterocycles. The largest absolute Gasteiger partial charge is 0.383 e. The zero-order chi connectivity index (χ0) is 7.90. The van der Waals surface area contributed by atoms with E-state index in [1.54, 1.807) is 7.11 Å². The first-order valence-corrected chi connectivity index (χ1v) is 4.45. The van der Waals surface area contributed by atoms with Crippen molar-refractivity contribution in [2.75, 3.05) is 27.3 Å². The third-order valence-corrected chi connectivity index (χ3v) is 3.19. The molecular formula is C9H17NO. The predicted octanol–water partition coefficient (Wildman–Crippen LogP) is 1.12. The molecule has 0 aromatic heterocycles. The summed E-state index contributed by atoms with van der Waals surface area (Å²) in [6, 6.07) is 0.697. The Kier molecular flexibility index (Phi) is 1.69. The van der Waals surface area contributed by atoms with Gasteiger partial charge >= 0.3 is 0 Å². The van der Waals surface area contributed by atoms with Gasteiger partial charge in [0, 0.05) is 19.7 Å². The van der Waals surface area contributed by atoms with E-state index in [2.05, 4.69) is 11.9 Å². The van der Waals surface area contributed by atoms with E-state index in [0.717, 1.165) is 12.0 Å². The van der Waals surface area contributed by atoms with Crippen molar-refractivity contribution in [3.63, 3.8) is 0 Å². The summed E-state index contributed by atoms with van der Waals surface area (Å²) in [5, 5.41) is 0. The zero-order valence-corrected chi connectivity index (χ0v) is 7.47. The fourth-order valence-corrected chi connectivity index (χ4v) is 2.30. The molecule has 1 aliphatic heterocycles. The fourth-order valence-electron chi connectivity index (χ4n) is 2.30. The Morgan fingerprint density at radius 3 is 2.73 bits per heavy atom. The van der Waals surface area contributed by atoms with Crippen LogP contribution in [0, 0.1) is 5.41 Å². The molecule has 1 spiro atoms. The first-order chi connectivity index (χ1) is 5.26. The lowest BCUT2D eigenvalue weighted by Gasteiger charge is -2.17. The summed E-state index contributed by atoms with van der Waals surface area (Å²) < 4.78 is 5.18. The van der Waals surface area contributed by atoms with Crippen LogP contribution >= 0.6 is 0 Å². The summed E-state index contributed by atoms with van der Waals surface area (Å²) in [6.45, 7) is 2.22. The van der Waals surface area contributed by atoms with Gasteiger partial charge in [0.25, 0.3) is 0 Å². The molecule has 0 amide bonds. The number of hydrogen-bond donors (Lipinski definition) is 0. The lowest BCUT2D eigenvalue weighted by Crippen LogP contribution is -2.28. The van der Waals surface area contributed by atoms with Crippen LogP contribution in [0.25, 0.3) is 0 Å². The van der Waals surface area contributed by atoms with Gasteiger partial charge in [0.15, 0.2) is 0 Å². The van der Waals surface area contributed by atoms with Gasteiger partial charge < -0.3 is 9.64 Å². The van der Waals surface area contributed by atoms with E-state index in [4.69, 9.17) is 4.74 Å². The first kappa shape index (κ1) is 7.56. The van der Waals surface area contributed by atoms with Crippen LogP contribution in [-0.2, 0) is 4.74 Å². The second kappa shape index (κ2) is 2.46. The second-order valence-corrected chi connectivity index (χ2v) is 4.23. The summed E-state index contributed by atoms with van der Waals surface area (Å²) in [7, 11) is 4.02. The Morgan fingerprint density at radius 1 is 1.55 bits per heavy atom. The van der Waals surface area contributed by atoms with Gasteiger partial charge in [-0.15, -0.1) is 0 Å². The highest BCUT2D eigenvalue weighted by Gasteiger charge is 2.50. The molecule has 0 aromatic carbocycles. The Labute approximate surface area is 68.5 Å². The Morgan fingerprint density at radius 2 is 2.27 bits per heavy atom. The molecule has 2 aliphatic rings. The van der Waals surface area contributed by atoms with Crippen molar-refractivity contribution >= 4 is 0 Å². The van der Waals surface area contributed by atoms with Crippen molar-refractivity contribution < 1.29 is 4.74 Å². The van der Waals surface area contributed by atoms with E-state index in [-0.39, 0.29) is 0 Å². The van der Waals surface area contributed by atoms with Crippen molar-refractivity contribution in [1.82, 2.24) is 4.90 Å². The molecule has 0 N–H and O–H groups in total. The number of rotatable bonds is 2. The standard InChI is InChI=1S/C9H17NO/c1-10-7-9(3-4-9)5-8(10)6-11-2/h8H,3-7H2,1-2H3. The van der Waals surface area contributed by atoms with Gasteiger partial charge in [0.1, 0.15) is 0 Å². The molecular weight excluding hydrogens is 138 g/mol. The normalized spacial score (nSPS) is 34.9. The topological polar surface area (TPSA) is 12.5 Å². The summed E-state index contributed by atoms with van der Waals surface area (Å²) in [6.07, 6.45) is 4.28. The fraction of sp³-hybridized carbons (Fsp3) is 1.00. The molecule has 2 nitrogen and oxygen atoms in total. The molecule has 2 heteroatoms. The molecule has 0 radical (unpaired) electrons. The molecule has 1 unspecified atom stereocenters. The van der Waals surface area contributed by atoms with E-state index < -0.39 is 0 Å². The van der Waals surface area contributed by atoms with E-state index in [1.165, 1.54) is 25.8 Å². The molecule has 0 bridgehead atoms. The summed E-state index contributed by atoms with van der Waals surface area (Å²) in [5.41, 5.74) is 0.734. The van der Waals surface area contributed by atoms with Crippen LogP contribution in [0.4, 0.5) is 0 Å². The molecule has 1 saturated carbocycles. The van der Waals surface area contributed by atoms with Crippen LogP contribution in [0.15, 0.2) is 0 Å². The number of nitrogens with zero attached hydrogens (tertiary/aromatic N) is 1. The van der Waals surface area contributed by atoms with Gasteiger partial charge in [-0.3, -0.25) is 0 Å². The molecule has 64 valence electrons. The third-order valence-electron chi connectivity index (χ3n) is 3.19. The van der Waals surface area contributed by atoms with Crippen molar-refractivity contribution in [3.05, 3.63) is 0 Å². The van der Waals surface area contributed by atoms with E-state index in [0.29, 0.717) is 6.04 Å². The van der Waals surface area contributed by atoms with E-state index in [1.807, 2.05) is 0 Å². The molecule has 1 atom stereocenters. The smallest absolute Gasteiger partial charge is 0.0618 e. The average molecular weight is 155 g/mol. The van der Waals surface area contributed by atoms with Crippen molar-refractivity contribution in [1.29, 1.82) is 0 Å². The SMILES string of the molecule is COCC1CC2(CC2)CN1C. The minimum Gasteiger partial charge on any atom is -0.383 e. The summed E-state index contributed by atoms with van der Waals surface area (Å²) in [4.78, 5) is 2.45. The van der Waals surface area contributed by atoms with Gasteiger partial charge in [-0.05, 0) is 31.7 Å². The highest BCUT2D eigenvalue weighted by molar-refractivity contribution is 5.03. The maximum Gasteiger partial charge on any atom is 0.0618 e. The molecule has 1 aliphatic carbocycles. The van der Waals surface area contributed by atoms with Crippen LogP contribution in [0.5, 0.6) is 0 Å². The summed E-state index contributed by atoms with van der Waals surface area (Å²) in [5.74, 6) is 0. The van der Waals surface area contributed by atoms with Crippen LogP contribution in [0.3, 0.4) is 0 Å². The van der Waals surface area contributed by atoms with Gasteiger partial charge in [0.05, 0.1) is 6.61 Å². The van der Waals surface area contributed by atoms with Gasteiger partial charge in [-0.25, -0.2) is 0 Å². The second-order valence-electron chi connectivity index (χ2n) is 4.23. The number of ether oxygens (including phenoxy) is 1. The lowest BCUT2D eigenvalue weighted by atomic mass is 10.0. The Hall–Kier alpha value is -0.0800. The van der Waals surface area contributed by atoms with Crippen LogP contribution in [0.1, 0.15) is 19.3 Å². The number of hydrogen-bond acceptors (Lipinski definition) is 2. The van der Waals surface area contributed by atoms with Gasteiger partial charge in [0.2, 0.25) is 0 Å². The number of likely N-dealkylation sites (N-methyl/N-ethyl adjacent to an activating group) is 1. The van der Waals surface area contributed by atoms with Crippen LogP contribution < -0.4 is 0 Å². The Balaban J connectivity index is 1.92. The van der Waals surface area contributed by atoms with E-state index >= 15 is 0 Å². The van der Waals surface area contributed by atoms with Crippen LogP contribution in [0.2, 0.25) is 0 Å². The number of methoxy groups -OCH3 is 1. The van der Waals surface area contributed by atoms with Gasteiger partial charge in [-0.1, -0.05) is 0 Å². The average Bonchev–Trinajstić information content (AvgIpc) is 2.61. The maximum absolute atomic E-state index is 5.18. The molecule has 2 fully saturated rings. The monoisotopic (exact) mass is 155 g/mol. The molecule has 11 heavy (non-hydrogen) atoms. The molecule has 1 saturated heterocycles. The highest BCUT2D eigenvalue weighted by atomic mass is 16.5. The Bertz CT molecular complexity index is 154. The minimum absolute atomic E-state index is 0.697. The molecule has 0 aromatic rings. The third kappa shape index (κ3) is 1.30. The van der Waals surface area contributed by atoms with E-state index in [9.17, 15) is 0 Å². The van der Waals surface area contributed by atoms with Crippen molar-refractivity contribution in [3.8, 4) is 0 Å². The van der Waals surface area contributed by atoms with Crippen molar-refractivity contribution in [2.24, 2.45) is 5.41 Å².